The number of benzene rings is 1. The number of rotatable bonds is 7. The zero-order valence-electron chi connectivity index (χ0n) is 14.1. The van der Waals surface area contributed by atoms with Crippen molar-refractivity contribution < 1.29 is 13.9 Å². The number of ether oxygens (including phenoxy) is 1. The lowest BCUT2D eigenvalue weighted by Crippen LogP contribution is -2.08. The van der Waals surface area contributed by atoms with E-state index in [1.54, 1.807) is 24.3 Å². The molecule has 3 aromatic rings. The Bertz CT molecular complexity index is 876. The molecule has 0 fully saturated rings. The molecular formula is C19H20FN3O2. The van der Waals surface area contributed by atoms with Gasteiger partial charge in [0, 0.05) is 0 Å². The number of hydrogen-bond donors (Lipinski definition) is 1. The Kier molecular flexibility index (Phi) is 5.38. The van der Waals surface area contributed by atoms with E-state index in [0.717, 1.165) is 25.7 Å². The van der Waals surface area contributed by atoms with Crippen LogP contribution in [0.25, 0.3) is 22.4 Å². The number of H-pyrrole nitrogens is 1. The third-order valence-electron chi connectivity index (χ3n) is 3.94. The topological polar surface area (TPSA) is 67.9 Å². The van der Waals surface area contributed by atoms with Crippen molar-refractivity contribution in [2.24, 2.45) is 0 Å². The number of pyridine rings is 1. The fourth-order valence-electron chi connectivity index (χ4n) is 2.57. The summed E-state index contributed by atoms with van der Waals surface area (Å²) >= 11 is 0. The predicted octanol–water partition coefficient (Wildman–Crippen LogP) is 4.50. The van der Waals surface area contributed by atoms with Gasteiger partial charge in [-0.2, -0.15) is 0 Å². The van der Waals surface area contributed by atoms with Crippen LogP contribution in [0.5, 0.6) is 0 Å². The second-order valence-corrected chi connectivity index (χ2v) is 5.85. The SMILES string of the molecule is CCCCCCOC(=O)c1cc2nc(-c3ccccc3F)[nH]c2cn1. The molecule has 130 valence electrons. The van der Waals surface area contributed by atoms with Crippen LogP contribution in [0.4, 0.5) is 4.39 Å². The van der Waals surface area contributed by atoms with Crippen molar-refractivity contribution in [1.29, 1.82) is 0 Å². The highest BCUT2D eigenvalue weighted by Gasteiger charge is 2.14. The minimum atomic E-state index is -0.464. The van der Waals surface area contributed by atoms with Gasteiger partial charge in [-0.15, -0.1) is 0 Å². The Morgan fingerprint density at radius 1 is 1.24 bits per heavy atom. The van der Waals surface area contributed by atoms with E-state index in [4.69, 9.17) is 4.74 Å². The highest BCUT2D eigenvalue weighted by atomic mass is 19.1. The number of unbranched alkanes of at least 4 members (excludes halogenated alkanes) is 3. The number of aromatic nitrogens is 3. The Balaban J connectivity index is 1.74. The molecule has 0 bridgehead atoms. The number of halogens is 1. The number of esters is 1. The minimum Gasteiger partial charge on any atom is -0.461 e. The van der Waals surface area contributed by atoms with Crippen LogP contribution in [-0.4, -0.2) is 27.5 Å². The van der Waals surface area contributed by atoms with Crippen LogP contribution in [0.2, 0.25) is 0 Å². The Morgan fingerprint density at radius 3 is 2.88 bits per heavy atom. The number of imidazole rings is 1. The van der Waals surface area contributed by atoms with Crippen molar-refractivity contribution in [3.05, 3.63) is 48.0 Å². The molecule has 0 aliphatic carbocycles. The lowest BCUT2D eigenvalue weighted by Gasteiger charge is -2.03. The van der Waals surface area contributed by atoms with Gasteiger partial charge in [-0.1, -0.05) is 38.3 Å². The number of carbonyl (C=O) groups is 1. The molecule has 0 atom stereocenters. The molecule has 0 amide bonds. The molecule has 0 spiro atoms. The first-order chi connectivity index (χ1) is 12.2. The van der Waals surface area contributed by atoms with E-state index in [1.165, 1.54) is 12.3 Å². The molecule has 25 heavy (non-hydrogen) atoms. The third kappa shape index (κ3) is 4.02. The fraction of sp³-hybridized carbons (Fsp3) is 0.316. The van der Waals surface area contributed by atoms with Gasteiger partial charge in [-0.25, -0.2) is 19.2 Å². The third-order valence-corrected chi connectivity index (χ3v) is 3.94. The van der Waals surface area contributed by atoms with E-state index in [-0.39, 0.29) is 11.5 Å². The Hall–Kier alpha value is -2.76. The fourth-order valence-corrected chi connectivity index (χ4v) is 2.57. The molecule has 5 nitrogen and oxygen atoms in total. The molecule has 2 aromatic heterocycles. The van der Waals surface area contributed by atoms with Gasteiger partial charge in [-0.05, 0) is 24.6 Å². The van der Waals surface area contributed by atoms with Gasteiger partial charge in [-0.3, -0.25) is 0 Å². The molecule has 1 aromatic carbocycles. The van der Waals surface area contributed by atoms with Crippen LogP contribution in [0.3, 0.4) is 0 Å². The maximum atomic E-state index is 13.9. The summed E-state index contributed by atoms with van der Waals surface area (Å²) in [4.78, 5) is 23.6. The van der Waals surface area contributed by atoms with E-state index in [1.807, 2.05) is 0 Å². The molecule has 0 radical (unpaired) electrons. The van der Waals surface area contributed by atoms with Crippen molar-refractivity contribution in [2.45, 2.75) is 32.6 Å². The van der Waals surface area contributed by atoms with E-state index < -0.39 is 5.97 Å². The molecule has 0 saturated heterocycles. The molecule has 0 saturated carbocycles. The smallest absolute Gasteiger partial charge is 0.356 e. The molecule has 0 unspecified atom stereocenters. The average Bonchev–Trinajstić information content (AvgIpc) is 3.04. The van der Waals surface area contributed by atoms with Crippen molar-refractivity contribution >= 4 is 17.0 Å². The van der Waals surface area contributed by atoms with Gasteiger partial charge in [0.2, 0.25) is 0 Å². The second kappa shape index (κ2) is 7.88. The number of nitrogens with one attached hydrogen (secondary N) is 1. The molecule has 0 aliphatic heterocycles. The number of aromatic amines is 1. The summed E-state index contributed by atoms with van der Waals surface area (Å²) in [5, 5.41) is 0. The van der Waals surface area contributed by atoms with Crippen LogP contribution < -0.4 is 0 Å². The first kappa shape index (κ1) is 17.1. The molecule has 3 rings (SSSR count). The first-order valence-electron chi connectivity index (χ1n) is 8.47. The highest BCUT2D eigenvalue weighted by molar-refractivity contribution is 5.91. The molecule has 6 heteroatoms. The summed E-state index contributed by atoms with van der Waals surface area (Å²) in [6.07, 6.45) is 5.67. The van der Waals surface area contributed by atoms with E-state index in [9.17, 15) is 9.18 Å². The number of nitrogens with zero attached hydrogens (tertiary/aromatic N) is 2. The summed E-state index contributed by atoms with van der Waals surface area (Å²) in [6, 6.07) is 7.95. The summed E-state index contributed by atoms with van der Waals surface area (Å²) < 4.78 is 19.1. The van der Waals surface area contributed by atoms with Crippen molar-refractivity contribution in [3.63, 3.8) is 0 Å². The summed E-state index contributed by atoms with van der Waals surface area (Å²) in [5.74, 6) is -0.421. The maximum absolute atomic E-state index is 13.9. The van der Waals surface area contributed by atoms with E-state index in [0.29, 0.717) is 29.0 Å². The van der Waals surface area contributed by atoms with E-state index >= 15 is 0 Å². The summed E-state index contributed by atoms with van der Waals surface area (Å²) in [5.41, 5.74) is 1.76. The van der Waals surface area contributed by atoms with E-state index in [2.05, 4.69) is 21.9 Å². The van der Waals surface area contributed by atoms with Gasteiger partial charge in [0.1, 0.15) is 11.6 Å². The Morgan fingerprint density at radius 2 is 2.08 bits per heavy atom. The molecule has 0 aliphatic rings. The standard InChI is InChI=1S/C19H20FN3O2/c1-2-3-4-7-10-25-19(24)16-11-15-17(12-21-16)23-18(22-15)13-8-5-6-9-14(13)20/h5-6,8-9,11-12H,2-4,7,10H2,1H3,(H,22,23). The lowest BCUT2D eigenvalue weighted by molar-refractivity contribution is 0.0491. The van der Waals surface area contributed by atoms with Crippen molar-refractivity contribution in [1.82, 2.24) is 15.0 Å². The number of fused-ring (bicyclic) bond motifs is 1. The zero-order valence-corrected chi connectivity index (χ0v) is 14.1. The van der Waals surface area contributed by atoms with Crippen LogP contribution in [0.1, 0.15) is 43.1 Å². The first-order valence-corrected chi connectivity index (χ1v) is 8.47. The summed E-state index contributed by atoms with van der Waals surface area (Å²) in [6.45, 7) is 2.52. The van der Waals surface area contributed by atoms with Crippen LogP contribution in [-0.2, 0) is 4.74 Å². The summed E-state index contributed by atoms with van der Waals surface area (Å²) in [7, 11) is 0. The molecule has 1 N–H and O–H groups in total. The number of carbonyl (C=O) groups excluding carboxylic acids is 1. The highest BCUT2D eigenvalue weighted by Crippen LogP contribution is 2.23. The lowest BCUT2D eigenvalue weighted by atomic mass is 10.2. The predicted molar refractivity (Wildman–Crippen MR) is 93.7 cm³/mol. The quantitative estimate of drug-likeness (QED) is 0.507. The minimum absolute atomic E-state index is 0.203. The zero-order chi connectivity index (χ0) is 17.6. The average molecular weight is 341 g/mol. The van der Waals surface area contributed by atoms with Crippen LogP contribution >= 0.6 is 0 Å². The van der Waals surface area contributed by atoms with Gasteiger partial charge in [0.05, 0.1) is 29.4 Å². The van der Waals surface area contributed by atoms with Gasteiger partial charge in [0.15, 0.2) is 5.69 Å². The normalized spacial score (nSPS) is 11.0. The van der Waals surface area contributed by atoms with Crippen LogP contribution in [0, 0.1) is 5.82 Å². The van der Waals surface area contributed by atoms with Gasteiger partial charge < -0.3 is 9.72 Å². The van der Waals surface area contributed by atoms with Gasteiger partial charge >= 0.3 is 5.97 Å². The molecule has 2 heterocycles. The second-order valence-electron chi connectivity index (χ2n) is 5.85. The Labute approximate surface area is 145 Å². The largest absolute Gasteiger partial charge is 0.461 e. The van der Waals surface area contributed by atoms with Gasteiger partial charge in [0.25, 0.3) is 0 Å². The monoisotopic (exact) mass is 341 g/mol. The van der Waals surface area contributed by atoms with Crippen LogP contribution in [0.15, 0.2) is 36.5 Å². The maximum Gasteiger partial charge on any atom is 0.356 e. The molecular weight excluding hydrogens is 321 g/mol. The van der Waals surface area contributed by atoms with Crippen molar-refractivity contribution in [2.75, 3.05) is 6.61 Å². The van der Waals surface area contributed by atoms with Crippen molar-refractivity contribution in [3.8, 4) is 11.4 Å². The number of hydrogen-bond acceptors (Lipinski definition) is 4.